The van der Waals surface area contributed by atoms with Crippen molar-refractivity contribution in [2.75, 3.05) is 49.6 Å². The molecule has 0 saturated carbocycles. The highest BCUT2D eigenvalue weighted by Crippen LogP contribution is 2.29. The Morgan fingerprint density at radius 1 is 1.18 bits per heavy atom. The van der Waals surface area contributed by atoms with Crippen molar-refractivity contribution in [2.24, 2.45) is 0 Å². The number of anilines is 2. The number of fused-ring (bicyclic) bond motifs is 1. The number of ether oxygens (including phenoxy) is 1. The maximum atomic E-state index is 13.6. The monoisotopic (exact) mass is 521 g/mol. The van der Waals surface area contributed by atoms with Crippen LogP contribution in [0.15, 0.2) is 36.8 Å². The summed E-state index contributed by atoms with van der Waals surface area (Å²) in [5.41, 5.74) is 2.77. The first-order valence-electron chi connectivity index (χ1n) is 12.8. The molecule has 2 saturated heterocycles. The highest BCUT2D eigenvalue weighted by Gasteiger charge is 2.38. The van der Waals surface area contributed by atoms with E-state index in [1.165, 1.54) is 0 Å². The van der Waals surface area contributed by atoms with Crippen molar-refractivity contribution in [1.82, 2.24) is 25.1 Å². The maximum absolute atomic E-state index is 13.6. The number of carbonyl (C=O) groups is 1. The van der Waals surface area contributed by atoms with Crippen molar-refractivity contribution in [3.8, 4) is 0 Å². The molecule has 3 aromatic rings. The Bertz CT molecular complexity index is 1430. The van der Waals surface area contributed by atoms with Crippen LogP contribution in [0.25, 0.3) is 12.2 Å². The zero-order chi connectivity index (χ0) is 26.1. The third-order valence-corrected chi connectivity index (χ3v) is 7.23. The van der Waals surface area contributed by atoms with E-state index in [4.69, 9.17) is 4.74 Å². The van der Waals surface area contributed by atoms with Crippen LogP contribution < -0.4 is 20.8 Å². The van der Waals surface area contributed by atoms with Crippen LogP contribution in [-0.2, 0) is 11.3 Å². The van der Waals surface area contributed by atoms with Crippen molar-refractivity contribution >= 4 is 29.6 Å². The van der Waals surface area contributed by atoms with Gasteiger partial charge < -0.3 is 15.0 Å². The van der Waals surface area contributed by atoms with Crippen molar-refractivity contribution in [3.05, 3.63) is 64.2 Å². The number of hydrogen-bond acceptors (Lipinski definition) is 7. The van der Waals surface area contributed by atoms with Gasteiger partial charge in [0.25, 0.3) is 11.8 Å². The Morgan fingerprint density at radius 2 is 2.05 bits per heavy atom. The number of rotatable bonds is 6. The molecule has 11 heteroatoms. The van der Waals surface area contributed by atoms with Crippen molar-refractivity contribution in [1.29, 1.82) is 0 Å². The lowest BCUT2D eigenvalue weighted by atomic mass is 9.92. The van der Waals surface area contributed by atoms with Gasteiger partial charge in [0.05, 0.1) is 37.0 Å². The molecule has 0 spiro atoms. The summed E-state index contributed by atoms with van der Waals surface area (Å²) in [4.78, 5) is 25.9. The van der Waals surface area contributed by atoms with Gasteiger partial charge in [0.1, 0.15) is 5.82 Å². The second kappa shape index (κ2) is 10.2. The molecule has 1 unspecified atom stereocenters. The highest BCUT2D eigenvalue weighted by atomic mass is 19.3. The van der Waals surface area contributed by atoms with Gasteiger partial charge in [-0.15, -0.1) is 0 Å². The van der Waals surface area contributed by atoms with Gasteiger partial charge in [-0.25, -0.2) is 13.8 Å². The molecule has 2 N–H and O–H groups in total. The van der Waals surface area contributed by atoms with E-state index >= 15 is 0 Å². The molecule has 3 aliphatic rings. The Balaban J connectivity index is 1.17. The number of aromatic amines is 1. The number of H-pyrrole nitrogens is 1. The molecule has 1 amide bonds. The number of pyridine rings is 2. The molecular weight excluding hydrogens is 492 g/mol. The predicted octanol–water partition coefficient (Wildman–Crippen LogP) is 1.88. The summed E-state index contributed by atoms with van der Waals surface area (Å²) in [5.74, 6) is -2.10. The summed E-state index contributed by atoms with van der Waals surface area (Å²) in [6.07, 6.45) is 9.84. The van der Waals surface area contributed by atoms with E-state index in [2.05, 4.69) is 30.4 Å². The molecule has 0 radical (unpaired) electrons. The van der Waals surface area contributed by atoms with Gasteiger partial charge in [0, 0.05) is 56.1 Å². The summed E-state index contributed by atoms with van der Waals surface area (Å²) < 4.78 is 32.6. The first kappa shape index (κ1) is 24.6. The summed E-state index contributed by atoms with van der Waals surface area (Å²) in [6.45, 7) is 3.53. The van der Waals surface area contributed by atoms with E-state index in [0.717, 1.165) is 47.0 Å². The van der Waals surface area contributed by atoms with Crippen LogP contribution in [0, 0.1) is 0 Å². The molecule has 6 rings (SSSR count). The zero-order valence-corrected chi connectivity index (χ0v) is 20.9. The predicted molar refractivity (Wildman–Crippen MR) is 138 cm³/mol. The van der Waals surface area contributed by atoms with Crippen LogP contribution in [-0.4, -0.2) is 76.3 Å². The molecule has 0 bridgehead atoms. The quantitative estimate of drug-likeness (QED) is 0.511. The smallest absolute Gasteiger partial charge is 0.276 e. The Morgan fingerprint density at radius 3 is 2.82 bits per heavy atom. The van der Waals surface area contributed by atoms with E-state index in [0.29, 0.717) is 37.7 Å². The Kier molecular flexibility index (Phi) is 6.62. The van der Waals surface area contributed by atoms with Gasteiger partial charge in [0.2, 0.25) is 0 Å². The van der Waals surface area contributed by atoms with Gasteiger partial charge in [-0.05, 0) is 29.7 Å². The van der Waals surface area contributed by atoms with Gasteiger partial charge >= 0.3 is 0 Å². The number of likely N-dealkylation sites (tertiary alicyclic amines) is 1. The SMILES string of the molecule is O=C(Nc1ccc(N2CCOCC2)nc1)c1n[nH]c2c1=CC(c1cncc(CN3CCC(F)(F)C3)c1)CC=2. The summed E-state index contributed by atoms with van der Waals surface area (Å²) >= 11 is 0. The van der Waals surface area contributed by atoms with E-state index in [9.17, 15) is 13.6 Å². The van der Waals surface area contributed by atoms with E-state index in [1.807, 2.05) is 30.4 Å². The molecule has 2 fully saturated rings. The lowest BCUT2D eigenvalue weighted by Gasteiger charge is -2.27. The van der Waals surface area contributed by atoms with Gasteiger partial charge in [-0.1, -0.05) is 18.2 Å². The number of nitrogens with one attached hydrogen (secondary N) is 2. The maximum Gasteiger partial charge on any atom is 0.276 e. The van der Waals surface area contributed by atoms with Crippen LogP contribution in [0.3, 0.4) is 0 Å². The summed E-state index contributed by atoms with van der Waals surface area (Å²) in [6, 6.07) is 5.74. The molecular formula is C27H29F2N7O2. The molecule has 2 aliphatic heterocycles. The van der Waals surface area contributed by atoms with Crippen LogP contribution >= 0.6 is 0 Å². The van der Waals surface area contributed by atoms with Crippen molar-refractivity contribution < 1.29 is 18.3 Å². The normalized spacial score (nSPS) is 20.9. The number of aromatic nitrogens is 4. The van der Waals surface area contributed by atoms with Crippen molar-refractivity contribution in [2.45, 2.75) is 31.2 Å². The topological polar surface area (TPSA) is 99.3 Å². The van der Waals surface area contributed by atoms with Crippen LogP contribution in [0.1, 0.15) is 40.4 Å². The molecule has 5 heterocycles. The van der Waals surface area contributed by atoms with E-state index in [-0.39, 0.29) is 24.8 Å². The standard InChI is InChI=1S/C27H29F2N7O2/c28-27(29)5-6-35(17-27)16-18-11-20(14-30-13-18)19-1-3-23-22(12-19)25(34-33-23)26(37)32-21-2-4-24(31-15-21)36-7-9-38-10-8-36/h2-4,11-15,19,33H,1,5-10,16-17H2,(H,32,37). The van der Waals surface area contributed by atoms with Crippen molar-refractivity contribution in [3.63, 3.8) is 0 Å². The van der Waals surface area contributed by atoms with Gasteiger partial charge in [-0.2, -0.15) is 5.10 Å². The van der Waals surface area contributed by atoms with E-state index in [1.54, 1.807) is 23.5 Å². The number of nitrogens with zero attached hydrogens (tertiary/aromatic N) is 5. The molecule has 0 aromatic carbocycles. The number of alkyl halides is 2. The number of morpholine rings is 1. The Labute approximate surface area is 218 Å². The third kappa shape index (κ3) is 5.30. The number of hydrogen-bond donors (Lipinski definition) is 2. The van der Waals surface area contributed by atoms with Crippen LogP contribution in [0.5, 0.6) is 0 Å². The minimum atomic E-state index is -2.62. The third-order valence-electron chi connectivity index (χ3n) is 7.23. The van der Waals surface area contributed by atoms with Gasteiger partial charge in [-0.3, -0.25) is 19.8 Å². The van der Waals surface area contributed by atoms with Crippen LogP contribution in [0.4, 0.5) is 20.3 Å². The zero-order valence-electron chi connectivity index (χ0n) is 20.9. The van der Waals surface area contributed by atoms with Gasteiger partial charge in [0.15, 0.2) is 5.69 Å². The number of halogens is 2. The fourth-order valence-corrected chi connectivity index (χ4v) is 5.23. The summed E-state index contributed by atoms with van der Waals surface area (Å²) in [5, 5.41) is 11.7. The Hall–Kier alpha value is -3.70. The number of carbonyl (C=O) groups excluding carboxylic acids is 1. The molecule has 198 valence electrons. The lowest BCUT2D eigenvalue weighted by Crippen LogP contribution is -2.36. The van der Waals surface area contributed by atoms with Crippen LogP contribution in [0.2, 0.25) is 0 Å². The molecule has 3 aromatic heterocycles. The average molecular weight is 522 g/mol. The molecule has 9 nitrogen and oxygen atoms in total. The fraction of sp³-hybridized carbons (Fsp3) is 0.407. The molecule has 38 heavy (non-hydrogen) atoms. The summed E-state index contributed by atoms with van der Waals surface area (Å²) in [7, 11) is 0. The second-order valence-corrected chi connectivity index (χ2v) is 10.0. The van der Waals surface area contributed by atoms with E-state index < -0.39 is 5.92 Å². The largest absolute Gasteiger partial charge is 0.378 e. The molecule has 1 atom stereocenters. The minimum Gasteiger partial charge on any atom is -0.378 e. The molecule has 1 aliphatic carbocycles. The lowest BCUT2D eigenvalue weighted by molar-refractivity contribution is 0.0115. The average Bonchev–Trinajstić information content (AvgIpc) is 3.51. The first-order valence-corrected chi connectivity index (χ1v) is 12.8. The minimum absolute atomic E-state index is 0.00593. The second-order valence-electron chi connectivity index (χ2n) is 10.0. The highest BCUT2D eigenvalue weighted by molar-refractivity contribution is 6.03. The first-order chi connectivity index (χ1) is 18.4. The number of amides is 1. The fourth-order valence-electron chi connectivity index (χ4n) is 5.23.